The lowest BCUT2D eigenvalue weighted by molar-refractivity contribution is -0.128. The first-order valence-corrected chi connectivity index (χ1v) is 7.80. The van der Waals surface area contributed by atoms with Crippen LogP contribution in [0.1, 0.15) is 17.5 Å². The van der Waals surface area contributed by atoms with E-state index >= 15 is 0 Å². The molecule has 2 rings (SSSR count). The molecule has 1 atom stereocenters. The second-order valence-corrected chi connectivity index (χ2v) is 6.33. The summed E-state index contributed by atoms with van der Waals surface area (Å²) >= 11 is 0.896. The van der Waals surface area contributed by atoms with Gasteiger partial charge in [-0.1, -0.05) is 35.5 Å². The fourth-order valence-corrected chi connectivity index (χ4v) is 3.24. The van der Waals surface area contributed by atoms with Gasteiger partial charge >= 0.3 is 0 Å². The molecule has 0 radical (unpaired) electrons. The van der Waals surface area contributed by atoms with Crippen LogP contribution < -0.4 is 5.32 Å². The van der Waals surface area contributed by atoms with Crippen molar-refractivity contribution in [3.63, 3.8) is 0 Å². The summed E-state index contributed by atoms with van der Waals surface area (Å²) in [5, 5.41) is 1.81. The monoisotopic (exact) mass is 318 g/mol. The average molecular weight is 318 g/mol. The maximum absolute atomic E-state index is 12.1. The van der Waals surface area contributed by atoms with Gasteiger partial charge in [0.2, 0.25) is 11.8 Å². The smallest absolute Gasteiger partial charge is 0.289 e. The van der Waals surface area contributed by atoms with Crippen LogP contribution in [0.2, 0.25) is 0 Å². The van der Waals surface area contributed by atoms with Crippen molar-refractivity contribution in [3.05, 3.63) is 42.0 Å². The van der Waals surface area contributed by atoms with Crippen LogP contribution >= 0.6 is 11.8 Å². The highest BCUT2D eigenvalue weighted by molar-refractivity contribution is 8.15. The van der Waals surface area contributed by atoms with Gasteiger partial charge in [0.15, 0.2) is 0 Å². The van der Waals surface area contributed by atoms with Crippen LogP contribution in [-0.2, 0) is 9.59 Å². The molecule has 1 aliphatic rings. The number of carbonyl (C=O) groups excluding carboxylic acids is 3. The third kappa shape index (κ3) is 3.57. The summed E-state index contributed by atoms with van der Waals surface area (Å²) in [6.07, 6.45) is 1.48. The van der Waals surface area contributed by atoms with Crippen molar-refractivity contribution in [3.8, 4) is 0 Å². The second kappa shape index (κ2) is 6.79. The van der Waals surface area contributed by atoms with Crippen LogP contribution in [0, 0.1) is 13.8 Å². The Bertz CT molecular complexity index is 642. The van der Waals surface area contributed by atoms with Crippen molar-refractivity contribution < 1.29 is 14.4 Å². The minimum Gasteiger partial charge on any atom is -0.326 e. The van der Waals surface area contributed by atoms with E-state index < -0.39 is 5.25 Å². The molecule has 1 aromatic carbocycles. The van der Waals surface area contributed by atoms with Crippen molar-refractivity contribution in [2.45, 2.75) is 25.5 Å². The van der Waals surface area contributed by atoms with Crippen LogP contribution in [0.5, 0.6) is 0 Å². The molecule has 0 bridgehead atoms. The second-order valence-electron chi connectivity index (χ2n) is 5.18. The van der Waals surface area contributed by atoms with Gasteiger partial charge in [-0.15, -0.1) is 6.58 Å². The number of benzene rings is 1. The molecule has 5 nitrogen and oxygen atoms in total. The summed E-state index contributed by atoms with van der Waals surface area (Å²) in [6.45, 7) is 7.59. The molecular weight excluding hydrogens is 300 g/mol. The molecule has 0 aromatic heterocycles. The van der Waals surface area contributed by atoms with Gasteiger partial charge in [0.1, 0.15) is 5.25 Å². The van der Waals surface area contributed by atoms with Crippen molar-refractivity contribution in [1.82, 2.24) is 4.90 Å². The Morgan fingerprint density at radius 2 is 2.14 bits per heavy atom. The number of thioether (sulfide) groups is 1. The zero-order chi connectivity index (χ0) is 16.3. The van der Waals surface area contributed by atoms with Crippen LogP contribution in [-0.4, -0.2) is 33.7 Å². The number of carbonyl (C=O) groups is 3. The number of rotatable bonds is 5. The maximum atomic E-state index is 12.1. The first-order valence-electron chi connectivity index (χ1n) is 6.92. The Balaban J connectivity index is 1.99. The van der Waals surface area contributed by atoms with Crippen molar-refractivity contribution in [1.29, 1.82) is 0 Å². The molecule has 1 fully saturated rings. The molecule has 0 saturated carbocycles. The normalized spacial score (nSPS) is 17.7. The molecule has 22 heavy (non-hydrogen) atoms. The van der Waals surface area contributed by atoms with E-state index in [-0.39, 0.29) is 30.0 Å². The number of anilines is 1. The minimum absolute atomic E-state index is 0.0177. The highest BCUT2D eigenvalue weighted by atomic mass is 32.2. The van der Waals surface area contributed by atoms with Crippen LogP contribution in [0.25, 0.3) is 0 Å². The van der Waals surface area contributed by atoms with Crippen LogP contribution in [0.3, 0.4) is 0 Å². The van der Waals surface area contributed by atoms with Gasteiger partial charge in [-0.3, -0.25) is 19.3 Å². The van der Waals surface area contributed by atoms with E-state index in [0.717, 1.165) is 33.5 Å². The largest absolute Gasteiger partial charge is 0.326 e. The predicted octanol–water partition coefficient (Wildman–Crippen LogP) is 2.88. The van der Waals surface area contributed by atoms with Gasteiger partial charge < -0.3 is 5.32 Å². The molecule has 6 heteroatoms. The summed E-state index contributed by atoms with van der Waals surface area (Å²) in [5.74, 6) is -0.600. The third-order valence-corrected chi connectivity index (χ3v) is 4.42. The topological polar surface area (TPSA) is 66.5 Å². The number of hydrogen-bond acceptors (Lipinski definition) is 4. The molecule has 1 saturated heterocycles. The Kier molecular flexibility index (Phi) is 5.03. The number of hydrogen-bond donors (Lipinski definition) is 1. The van der Waals surface area contributed by atoms with E-state index in [0.29, 0.717) is 0 Å². The number of aryl methyl sites for hydroxylation is 2. The summed E-state index contributed by atoms with van der Waals surface area (Å²) in [7, 11) is 0. The lowest BCUT2D eigenvalue weighted by Crippen LogP contribution is -2.33. The number of nitrogens with one attached hydrogen (secondary N) is 1. The number of imide groups is 1. The van der Waals surface area contributed by atoms with Gasteiger partial charge in [-0.05, 0) is 25.5 Å². The molecular formula is C16H18N2O3S. The molecule has 1 N–H and O–H groups in total. The van der Waals surface area contributed by atoms with E-state index in [4.69, 9.17) is 0 Å². The van der Waals surface area contributed by atoms with E-state index in [1.807, 2.05) is 32.0 Å². The quantitative estimate of drug-likeness (QED) is 0.848. The number of nitrogens with zero attached hydrogens (tertiary/aromatic N) is 1. The van der Waals surface area contributed by atoms with Gasteiger partial charge in [-0.25, -0.2) is 0 Å². The van der Waals surface area contributed by atoms with Gasteiger partial charge in [0, 0.05) is 18.7 Å². The van der Waals surface area contributed by atoms with Crippen molar-refractivity contribution in [2.75, 3.05) is 11.9 Å². The Labute approximate surface area is 133 Å². The molecule has 1 unspecified atom stereocenters. The van der Waals surface area contributed by atoms with Gasteiger partial charge in [0.25, 0.3) is 5.24 Å². The van der Waals surface area contributed by atoms with E-state index in [2.05, 4.69) is 11.9 Å². The highest BCUT2D eigenvalue weighted by Crippen LogP contribution is 2.29. The zero-order valence-electron chi connectivity index (χ0n) is 12.6. The fraction of sp³-hybridized carbons (Fsp3) is 0.312. The first kappa shape index (κ1) is 16.3. The first-order chi connectivity index (χ1) is 10.4. The van der Waals surface area contributed by atoms with Crippen molar-refractivity contribution >= 4 is 34.5 Å². The Morgan fingerprint density at radius 3 is 2.77 bits per heavy atom. The standard InChI is InChI=1S/C16H18N2O3S/c1-4-7-18-15(20)13(22-16(18)21)9-14(19)17-12-6-5-10(2)8-11(12)3/h4-6,8,13H,1,7,9H2,2-3H3,(H,17,19). The Hall–Kier alpha value is -2.08. The van der Waals surface area contributed by atoms with Crippen LogP contribution in [0.4, 0.5) is 10.5 Å². The fourth-order valence-electron chi connectivity index (χ4n) is 2.25. The van der Waals surface area contributed by atoms with E-state index in [1.54, 1.807) is 0 Å². The molecule has 1 aromatic rings. The molecule has 116 valence electrons. The summed E-state index contributed by atoms with van der Waals surface area (Å²) in [4.78, 5) is 37.0. The molecule has 0 aliphatic carbocycles. The van der Waals surface area contributed by atoms with E-state index in [1.165, 1.54) is 6.08 Å². The Morgan fingerprint density at radius 1 is 1.41 bits per heavy atom. The summed E-state index contributed by atoms with van der Waals surface area (Å²) < 4.78 is 0. The molecule has 1 heterocycles. The summed E-state index contributed by atoms with van der Waals surface area (Å²) in [6, 6.07) is 5.72. The maximum Gasteiger partial charge on any atom is 0.289 e. The molecule has 1 aliphatic heterocycles. The SMILES string of the molecule is C=CCN1C(=O)SC(CC(=O)Nc2ccc(C)cc2C)C1=O. The van der Waals surface area contributed by atoms with E-state index in [9.17, 15) is 14.4 Å². The van der Waals surface area contributed by atoms with Crippen LogP contribution in [0.15, 0.2) is 30.9 Å². The average Bonchev–Trinajstić information content (AvgIpc) is 2.70. The molecule has 3 amide bonds. The highest BCUT2D eigenvalue weighted by Gasteiger charge is 2.39. The van der Waals surface area contributed by atoms with Crippen molar-refractivity contribution in [2.24, 2.45) is 0 Å². The summed E-state index contributed by atoms with van der Waals surface area (Å²) in [5.41, 5.74) is 2.80. The number of amides is 3. The third-order valence-electron chi connectivity index (χ3n) is 3.34. The van der Waals surface area contributed by atoms with Gasteiger partial charge in [0.05, 0.1) is 0 Å². The predicted molar refractivity (Wildman–Crippen MR) is 87.8 cm³/mol. The molecule has 0 spiro atoms. The minimum atomic E-state index is -0.654. The lowest BCUT2D eigenvalue weighted by Gasteiger charge is -2.12. The zero-order valence-corrected chi connectivity index (χ0v) is 13.4. The lowest BCUT2D eigenvalue weighted by atomic mass is 10.1. The van der Waals surface area contributed by atoms with Gasteiger partial charge in [-0.2, -0.15) is 0 Å².